The van der Waals surface area contributed by atoms with Crippen LogP contribution in [0.4, 0.5) is 0 Å². The number of unbranched alkanes of at least 4 members (excludes halogenated alkanes) is 5. The number of aryl methyl sites for hydroxylation is 1. The van der Waals surface area contributed by atoms with Crippen molar-refractivity contribution in [2.75, 3.05) is 6.61 Å². The minimum absolute atomic E-state index is 0.0516. The number of esters is 1. The van der Waals surface area contributed by atoms with Gasteiger partial charge in [0.15, 0.2) is 0 Å². The molecule has 0 aromatic carbocycles. The average Bonchev–Trinajstić information content (AvgIpc) is 2.78. The van der Waals surface area contributed by atoms with Crippen molar-refractivity contribution in [3.63, 3.8) is 0 Å². The molecule has 0 saturated heterocycles. The molecule has 0 atom stereocenters. The van der Waals surface area contributed by atoms with Gasteiger partial charge in [-0.15, -0.1) is 11.3 Å². The number of rotatable bonds is 10. The molecule has 1 N–H and O–H groups in total. The summed E-state index contributed by atoms with van der Waals surface area (Å²) in [5.41, 5.74) is 0.947. The van der Waals surface area contributed by atoms with Gasteiger partial charge in [-0.05, 0) is 24.3 Å². The van der Waals surface area contributed by atoms with Crippen LogP contribution in [0, 0.1) is 6.92 Å². The monoisotopic (exact) mass is 312 g/mol. The van der Waals surface area contributed by atoms with Gasteiger partial charge in [-0.3, -0.25) is 4.79 Å². The molecule has 5 heteroatoms. The highest BCUT2D eigenvalue weighted by Gasteiger charge is 2.18. The number of carbonyl (C=O) groups is 2. The number of carboxylic acid groups (broad SMARTS) is 1. The molecule has 0 spiro atoms. The number of ether oxygens (including phenoxy) is 1. The van der Waals surface area contributed by atoms with E-state index >= 15 is 0 Å². The summed E-state index contributed by atoms with van der Waals surface area (Å²) < 4.78 is 5.17. The van der Waals surface area contributed by atoms with Crippen molar-refractivity contribution in [3.8, 4) is 0 Å². The van der Waals surface area contributed by atoms with Gasteiger partial charge in [-0.1, -0.05) is 39.0 Å². The summed E-state index contributed by atoms with van der Waals surface area (Å²) in [7, 11) is 0. The van der Waals surface area contributed by atoms with Gasteiger partial charge in [0.2, 0.25) is 0 Å². The smallest absolute Gasteiger partial charge is 0.337 e. The maximum atomic E-state index is 11.7. The molecule has 0 aliphatic carbocycles. The fourth-order valence-electron chi connectivity index (χ4n) is 2.17. The second-order valence-electron chi connectivity index (χ2n) is 5.19. The molecule has 1 aromatic rings. The van der Waals surface area contributed by atoms with E-state index in [9.17, 15) is 9.59 Å². The van der Waals surface area contributed by atoms with Crippen LogP contribution in [0.1, 0.15) is 66.2 Å². The number of carboxylic acids is 1. The van der Waals surface area contributed by atoms with Crippen molar-refractivity contribution in [3.05, 3.63) is 21.4 Å². The predicted octanol–water partition coefficient (Wildman–Crippen LogP) is 4.20. The first-order valence-corrected chi connectivity index (χ1v) is 8.40. The molecule has 0 aliphatic rings. The Labute approximate surface area is 130 Å². The highest BCUT2D eigenvalue weighted by molar-refractivity contribution is 7.10. The van der Waals surface area contributed by atoms with Crippen LogP contribution in [0.3, 0.4) is 0 Å². The molecular weight excluding hydrogens is 288 g/mol. The summed E-state index contributed by atoms with van der Waals surface area (Å²) in [6.45, 7) is 4.35. The van der Waals surface area contributed by atoms with E-state index in [1.807, 2.05) is 0 Å². The van der Waals surface area contributed by atoms with Gasteiger partial charge in [0.05, 0.1) is 18.6 Å². The lowest BCUT2D eigenvalue weighted by atomic mass is 10.1. The third-order valence-electron chi connectivity index (χ3n) is 3.33. The van der Waals surface area contributed by atoms with Crippen molar-refractivity contribution in [1.82, 2.24) is 0 Å². The van der Waals surface area contributed by atoms with E-state index in [0.29, 0.717) is 17.0 Å². The maximum absolute atomic E-state index is 11.7. The minimum atomic E-state index is -0.979. The van der Waals surface area contributed by atoms with Gasteiger partial charge >= 0.3 is 11.9 Å². The molecule has 1 heterocycles. The Bertz CT molecular complexity index is 465. The van der Waals surface area contributed by atoms with Crippen molar-refractivity contribution >= 4 is 23.3 Å². The van der Waals surface area contributed by atoms with E-state index in [2.05, 4.69) is 6.92 Å². The fraction of sp³-hybridized carbons (Fsp3) is 0.625. The lowest BCUT2D eigenvalue weighted by Gasteiger charge is -2.05. The zero-order valence-corrected chi connectivity index (χ0v) is 13.6. The standard InChI is InChI=1S/C16H24O4S/c1-3-4-5-6-7-8-9-20-14(17)10-13-15(16(18)19)12(2)11-21-13/h11H,3-10H2,1-2H3,(H,18,19). The third kappa shape index (κ3) is 6.29. The molecule has 21 heavy (non-hydrogen) atoms. The van der Waals surface area contributed by atoms with Crippen LogP contribution in [0.15, 0.2) is 5.38 Å². The average molecular weight is 312 g/mol. The second kappa shape index (κ2) is 9.55. The molecule has 0 amide bonds. The molecule has 1 rings (SSSR count). The zero-order chi connectivity index (χ0) is 15.7. The van der Waals surface area contributed by atoms with Crippen molar-refractivity contribution in [2.24, 2.45) is 0 Å². The Balaban J connectivity index is 2.27. The molecule has 1 aromatic heterocycles. The maximum Gasteiger partial charge on any atom is 0.337 e. The first-order chi connectivity index (χ1) is 10.1. The molecule has 0 saturated carbocycles. The molecule has 4 nitrogen and oxygen atoms in total. The highest BCUT2D eigenvalue weighted by atomic mass is 32.1. The molecule has 0 aliphatic heterocycles. The van der Waals surface area contributed by atoms with E-state index in [0.717, 1.165) is 12.8 Å². The Morgan fingerprint density at radius 2 is 1.86 bits per heavy atom. The summed E-state index contributed by atoms with van der Waals surface area (Å²) >= 11 is 1.30. The summed E-state index contributed by atoms with van der Waals surface area (Å²) in [6, 6.07) is 0. The Hall–Kier alpha value is -1.36. The Morgan fingerprint density at radius 3 is 2.52 bits per heavy atom. The van der Waals surface area contributed by atoms with E-state index in [1.165, 1.54) is 37.0 Å². The van der Waals surface area contributed by atoms with Gasteiger partial charge in [-0.25, -0.2) is 4.79 Å². The Morgan fingerprint density at radius 1 is 1.19 bits per heavy atom. The molecule has 0 bridgehead atoms. The molecule has 118 valence electrons. The fourth-order valence-corrected chi connectivity index (χ4v) is 3.17. The van der Waals surface area contributed by atoms with Crippen LogP contribution in [0.25, 0.3) is 0 Å². The van der Waals surface area contributed by atoms with Crippen LogP contribution >= 0.6 is 11.3 Å². The lowest BCUT2D eigenvalue weighted by molar-refractivity contribution is -0.142. The first kappa shape index (κ1) is 17.7. The van der Waals surface area contributed by atoms with Crippen LogP contribution < -0.4 is 0 Å². The van der Waals surface area contributed by atoms with E-state index in [4.69, 9.17) is 9.84 Å². The molecular formula is C16H24O4S. The van der Waals surface area contributed by atoms with Crippen molar-refractivity contribution in [1.29, 1.82) is 0 Å². The topological polar surface area (TPSA) is 63.6 Å². The van der Waals surface area contributed by atoms with E-state index in [1.54, 1.807) is 12.3 Å². The van der Waals surface area contributed by atoms with Gasteiger partial charge in [-0.2, -0.15) is 0 Å². The van der Waals surface area contributed by atoms with Crippen molar-refractivity contribution < 1.29 is 19.4 Å². The van der Waals surface area contributed by atoms with Gasteiger partial charge in [0.1, 0.15) is 0 Å². The second-order valence-corrected chi connectivity index (χ2v) is 6.15. The molecule has 0 fully saturated rings. The van der Waals surface area contributed by atoms with Gasteiger partial charge in [0, 0.05) is 4.88 Å². The minimum Gasteiger partial charge on any atom is -0.478 e. The highest BCUT2D eigenvalue weighted by Crippen LogP contribution is 2.23. The largest absolute Gasteiger partial charge is 0.478 e. The van der Waals surface area contributed by atoms with Crippen LogP contribution in [-0.4, -0.2) is 23.7 Å². The van der Waals surface area contributed by atoms with Crippen LogP contribution in [0.2, 0.25) is 0 Å². The predicted molar refractivity (Wildman–Crippen MR) is 84.1 cm³/mol. The lowest BCUT2D eigenvalue weighted by Crippen LogP contribution is -2.11. The third-order valence-corrected chi connectivity index (χ3v) is 4.44. The number of hydrogen-bond acceptors (Lipinski definition) is 4. The number of carbonyl (C=O) groups excluding carboxylic acids is 1. The zero-order valence-electron chi connectivity index (χ0n) is 12.8. The van der Waals surface area contributed by atoms with Gasteiger partial charge in [0.25, 0.3) is 0 Å². The first-order valence-electron chi connectivity index (χ1n) is 7.52. The molecule has 0 unspecified atom stereocenters. The number of aromatic carboxylic acids is 1. The van der Waals surface area contributed by atoms with Crippen LogP contribution in [-0.2, 0) is 16.0 Å². The van der Waals surface area contributed by atoms with Crippen LogP contribution in [0.5, 0.6) is 0 Å². The van der Waals surface area contributed by atoms with E-state index in [-0.39, 0.29) is 18.0 Å². The summed E-state index contributed by atoms with van der Waals surface area (Å²) in [5.74, 6) is -1.32. The Kier molecular flexibility index (Phi) is 8.05. The quantitative estimate of drug-likeness (QED) is 0.519. The number of hydrogen-bond donors (Lipinski definition) is 1. The summed E-state index contributed by atoms with van der Waals surface area (Å²) in [4.78, 5) is 23.4. The normalized spacial score (nSPS) is 10.6. The van der Waals surface area contributed by atoms with E-state index < -0.39 is 5.97 Å². The summed E-state index contributed by atoms with van der Waals surface area (Å²) in [5, 5.41) is 10.9. The number of thiophene rings is 1. The van der Waals surface area contributed by atoms with Gasteiger partial charge < -0.3 is 9.84 Å². The summed E-state index contributed by atoms with van der Waals surface area (Å²) in [6.07, 6.45) is 6.91. The SMILES string of the molecule is CCCCCCCCOC(=O)Cc1scc(C)c1C(=O)O. The van der Waals surface area contributed by atoms with Crippen molar-refractivity contribution in [2.45, 2.75) is 58.8 Å². The molecule has 0 radical (unpaired) electrons.